The number of rotatable bonds is 7. The number of ether oxygens (including phenoxy) is 2. The molecule has 0 amide bonds. The summed E-state index contributed by atoms with van der Waals surface area (Å²) in [4.78, 5) is 32.6. The molecular formula is C26H27FN8O5. The highest BCUT2D eigenvalue weighted by molar-refractivity contribution is 5.95. The minimum absolute atomic E-state index is 0.0745. The standard InChI is InChI=1S/C24H23FN8O3.C2H4O2/c1-35-17-12-16(18(25)15-4-2-11-36-20(15)17)19(30-14-7-5-13(6-8-14)21(26)27)22-31-24(34)33(32-22)23-28-9-3-10-29-23;1-2(3)4/h3,5-10,12,19,30H,2,4,11H2,1H3,(H3,26,27)(H,31,32,34);1H3,(H,3,4)/t19-;/m0./s1. The maximum absolute atomic E-state index is 15.9. The number of nitrogens with one attached hydrogen (secondary N) is 3. The van der Waals surface area contributed by atoms with E-state index < -0.39 is 23.5 Å². The molecule has 208 valence electrons. The SMILES string of the molecule is CC(=O)O.COc1cc([C@H](Nc2ccc(C(=N)N)cc2)c2nn(-c3ncccn3)c(=O)[nH]2)c(F)c2c1OCCC2. The highest BCUT2D eigenvalue weighted by atomic mass is 19.1. The van der Waals surface area contributed by atoms with Crippen LogP contribution in [0.2, 0.25) is 0 Å². The highest BCUT2D eigenvalue weighted by Crippen LogP contribution is 2.41. The Hall–Kier alpha value is -5.27. The van der Waals surface area contributed by atoms with Gasteiger partial charge in [-0.1, -0.05) is 0 Å². The number of hydrogen-bond donors (Lipinski definition) is 5. The van der Waals surface area contributed by atoms with Crippen molar-refractivity contribution in [1.29, 1.82) is 5.41 Å². The van der Waals surface area contributed by atoms with Crippen molar-refractivity contribution in [3.05, 3.63) is 87.6 Å². The van der Waals surface area contributed by atoms with Gasteiger partial charge in [0, 0.05) is 41.7 Å². The molecule has 1 atom stereocenters. The number of benzene rings is 2. The number of aromatic nitrogens is 5. The van der Waals surface area contributed by atoms with E-state index >= 15 is 4.39 Å². The number of amidine groups is 1. The molecule has 0 bridgehead atoms. The van der Waals surface area contributed by atoms with Gasteiger partial charge in [0.2, 0.25) is 0 Å². The molecule has 3 heterocycles. The van der Waals surface area contributed by atoms with E-state index in [-0.39, 0.29) is 23.2 Å². The summed E-state index contributed by atoms with van der Waals surface area (Å²) in [6.45, 7) is 1.56. The van der Waals surface area contributed by atoms with Gasteiger partial charge in [0.1, 0.15) is 17.7 Å². The first-order valence-electron chi connectivity index (χ1n) is 12.1. The third-order valence-electron chi connectivity index (χ3n) is 5.81. The molecule has 2 aromatic heterocycles. The lowest BCUT2D eigenvalue weighted by atomic mass is 9.96. The van der Waals surface area contributed by atoms with Crippen molar-refractivity contribution in [1.82, 2.24) is 24.7 Å². The van der Waals surface area contributed by atoms with E-state index in [2.05, 4.69) is 25.4 Å². The molecule has 4 aromatic rings. The number of aromatic amines is 1. The minimum Gasteiger partial charge on any atom is -0.493 e. The molecular weight excluding hydrogens is 523 g/mol. The molecule has 0 unspecified atom stereocenters. The average molecular weight is 551 g/mol. The summed E-state index contributed by atoms with van der Waals surface area (Å²) in [6.07, 6.45) is 4.12. The van der Waals surface area contributed by atoms with Gasteiger partial charge < -0.3 is 25.6 Å². The van der Waals surface area contributed by atoms with E-state index in [4.69, 9.17) is 30.5 Å². The second-order valence-corrected chi connectivity index (χ2v) is 8.61. The quantitative estimate of drug-likeness (QED) is 0.168. The Morgan fingerprint density at radius 1 is 1.30 bits per heavy atom. The van der Waals surface area contributed by atoms with Gasteiger partial charge in [0.15, 0.2) is 17.3 Å². The third-order valence-corrected chi connectivity index (χ3v) is 5.81. The Bertz CT molecular complexity index is 1570. The molecule has 1 aliphatic rings. The predicted molar refractivity (Wildman–Crippen MR) is 143 cm³/mol. The van der Waals surface area contributed by atoms with Crippen LogP contribution >= 0.6 is 0 Å². The Kier molecular flexibility index (Phi) is 8.37. The first kappa shape index (κ1) is 27.8. The topological polar surface area (TPSA) is 194 Å². The van der Waals surface area contributed by atoms with Crippen molar-refractivity contribution in [3.8, 4) is 17.4 Å². The van der Waals surface area contributed by atoms with Crippen LogP contribution in [-0.4, -0.2) is 55.4 Å². The molecule has 6 N–H and O–H groups in total. The number of hydrogen-bond acceptors (Lipinski definition) is 9. The maximum Gasteiger partial charge on any atom is 0.350 e. The Morgan fingerprint density at radius 3 is 2.60 bits per heavy atom. The van der Waals surface area contributed by atoms with E-state index in [0.717, 1.165) is 11.6 Å². The van der Waals surface area contributed by atoms with Crippen molar-refractivity contribution < 1.29 is 23.8 Å². The smallest absolute Gasteiger partial charge is 0.350 e. The largest absolute Gasteiger partial charge is 0.493 e. The van der Waals surface area contributed by atoms with Crippen molar-refractivity contribution in [2.75, 3.05) is 19.0 Å². The lowest BCUT2D eigenvalue weighted by Gasteiger charge is -2.25. The van der Waals surface area contributed by atoms with Crippen LogP contribution in [-0.2, 0) is 11.2 Å². The van der Waals surface area contributed by atoms with Crippen LogP contribution in [0.25, 0.3) is 5.95 Å². The van der Waals surface area contributed by atoms with Crippen LogP contribution in [0, 0.1) is 11.2 Å². The number of aliphatic carboxylic acids is 1. The van der Waals surface area contributed by atoms with E-state index in [1.165, 1.54) is 25.6 Å². The predicted octanol–water partition coefficient (Wildman–Crippen LogP) is 2.40. The zero-order valence-corrected chi connectivity index (χ0v) is 21.6. The number of nitrogen functional groups attached to an aromatic ring is 1. The summed E-state index contributed by atoms with van der Waals surface area (Å²) in [7, 11) is 1.49. The van der Waals surface area contributed by atoms with E-state index in [9.17, 15) is 4.79 Å². The van der Waals surface area contributed by atoms with Gasteiger partial charge in [-0.05, 0) is 49.2 Å². The van der Waals surface area contributed by atoms with Crippen LogP contribution < -0.4 is 26.2 Å². The second-order valence-electron chi connectivity index (χ2n) is 8.61. The fourth-order valence-corrected chi connectivity index (χ4v) is 4.07. The van der Waals surface area contributed by atoms with Gasteiger partial charge in [-0.25, -0.2) is 19.2 Å². The molecule has 0 spiro atoms. The molecule has 14 heteroatoms. The highest BCUT2D eigenvalue weighted by Gasteiger charge is 2.30. The summed E-state index contributed by atoms with van der Waals surface area (Å²) in [5.74, 6) is -0.407. The Morgan fingerprint density at radius 2 is 1.98 bits per heavy atom. The number of H-pyrrole nitrogens is 1. The normalized spacial score (nSPS) is 12.7. The van der Waals surface area contributed by atoms with Gasteiger partial charge in [-0.15, -0.1) is 9.78 Å². The molecule has 5 rings (SSSR count). The second kappa shape index (κ2) is 12.1. The molecule has 2 aromatic carbocycles. The van der Waals surface area contributed by atoms with Crippen molar-refractivity contribution in [2.45, 2.75) is 25.8 Å². The van der Waals surface area contributed by atoms with Crippen LogP contribution in [0.15, 0.2) is 53.6 Å². The summed E-state index contributed by atoms with van der Waals surface area (Å²) >= 11 is 0. The van der Waals surface area contributed by atoms with Crippen LogP contribution in [0.5, 0.6) is 11.5 Å². The molecule has 0 aliphatic carbocycles. The number of carboxylic acids is 1. The van der Waals surface area contributed by atoms with Gasteiger partial charge in [0.05, 0.1) is 13.7 Å². The lowest BCUT2D eigenvalue weighted by Crippen LogP contribution is -2.20. The third kappa shape index (κ3) is 6.06. The average Bonchev–Trinajstić information content (AvgIpc) is 3.34. The van der Waals surface area contributed by atoms with E-state index in [1.807, 2.05) is 0 Å². The summed E-state index contributed by atoms with van der Waals surface area (Å²) in [6, 6.07) is 8.97. The summed E-state index contributed by atoms with van der Waals surface area (Å²) in [5, 5.41) is 22.6. The zero-order chi connectivity index (χ0) is 28.8. The lowest BCUT2D eigenvalue weighted by molar-refractivity contribution is -0.134. The number of anilines is 1. The molecule has 0 fully saturated rings. The molecule has 1 aliphatic heterocycles. The number of halogens is 1. The number of methoxy groups -OCH3 is 1. The monoisotopic (exact) mass is 550 g/mol. The van der Waals surface area contributed by atoms with Crippen molar-refractivity contribution in [2.24, 2.45) is 5.73 Å². The molecule has 0 saturated carbocycles. The van der Waals surface area contributed by atoms with Crippen LogP contribution in [0.1, 0.15) is 41.9 Å². The molecule has 0 saturated heterocycles. The van der Waals surface area contributed by atoms with E-state index in [1.54, 1.807) is 30.3 Å². The minimum atomic E-state index is -0.924. The fourth-order valence-electron chi connectivity index (χ4n) is 4.07. The number of carbonyl (C=O) groups is 1. The zero-order valence-electron chi connectivity index (χ0n) is 21.6. The van der Waals surface area contributed by atoms with Gasteiger partial charge in [-0.2, -0.15) is 0 Å². The molecule has 0 radical (unpaired) electrons. The van der Waals surface area contributed by atoms with E-state index in [0.29, 0.717) is 47.8 Å². The number of fused-ring (bicyclic) bond motifs is 1. The van der Waals surface area contributed by atoms with Crippen LogP contribution in [0.3, 0.4) is 0 Å². The van der Waals surface area contributed by atoms with Crippen molar-refractivity contribution >= 4 is 17.5 Å². The van der Waals surface area contributed by atoms with Gasteiger partial charge in [-0.3, -0.25) is 15.2 Å². The number of carboxylic acid groups (broad SMARTS) is 1. The molecule has 40 heavy (non-hydrogen) atoms. The first-order chi connectivity index (χ1) is 19.2. The first-order valence-corrected chi connectivity index (χ1v) is 12.1. The Balaban J connectivity index is 0.000000867. The van der Waals surface area contributed by atoms with Gasteiger partial charge in [0.25, 0.3) is 11.9 Å². The molecule has 13 nitrogen and oxygen atoms in total. The van der Waals surface area contributed by atoms with Crippen molar-refractivity contribution in [3.63, 3.8) is 0 Å². The van der Waals surface area contributed by atoms with Gasteiger partial charge >= 0.3 is 5.69 Å². The Labute approximate surface area is 227 Å². The fraction of sp³-hybridized carbons (Fsp3) is 0.231. The summed E-state index contributed by atoms with van der Waals surface area (Å²) < 4.78 is 28.2. The summed E-state index contributed by atoms with van der Waals surface area (Å²) in [5.41, 5.74) is 6.72. The maximum atomic E-state index is 15.9. The number of nitrogens with two attached hydrogens (primary N) is 1. The number of nitrogens with zero attached hydrogens (tertiary/aromatic N) is 4. The van der Waals surface area contributed by atoms with Crippen LogP contribution in [0.4, 0.5) is 10.1 Å².